The number of carbonyl (C=O) groups excluding carboxylic acids is 2. The van der Waals surface area contributed by atoms with Crippen LogP contribution in [0.4, 0.5) is 5.69 Å². The van der Waals surface area contributed by atoms with E-state index in [-0.39, 0.29) is 24.1 Å². The maximum Gasteiger partial charge on any atom is 0.278 e. The van der Waals surface area contributed by atoms with Crippen LogP contribution in [0.15, 0.2) is 72.4 Å². The van der Waals surface area contributed by atoms with Crippen molar-refractivity contribution >= 4 is 46.3 Å². The summed E-state index contributed by atoms with van der Waals surface area (Å²) >= 11 is 12.0. The van der Waals surface area contributed by atoms with Crippen molar-refractivity contribution in [1.82, 2.24) is 4.90 Å². The molecule has 0 saturated heterocycles. The number of benzene rings is 3. The number of imide groups is 1. The molecule has 0 saturated carbocycles. The molecule has 3 aromatic carbocycles. The van der Waals surface area contributed by atoms with E-state index in [1.54, 1.807) is 18.2 Å². The number of hydrogen-bond acceptors (Lipinski definition) is 3. The number of amides is 2. The van der Waals surface area contributed by atoms with Gasteiger partial charge in [-0.05, 0) is 67.3 Å². The van der Waals surface area contributed by atoms with Crippen LogP contribution in [-0.2, 0) is 16.0 Å². The van der Waals surface area contributed by atoms with Crippen molar-refractivity contribution in [3.8, 4) is 0 Å². The minimum absolute atomic E-state index is 0.277. The van der Waals surface area contributed by atoms with Gasteiger partial charge in [0.15, 0.2) is 0 Å². The normalized spacial score (nSPS) is 13.8. The number of nitrogens with one attached hydrogen (secondary N) is 1. The van der Waals surface area contributed by atoms with Gasteiger partial charge in [0, 0.05) is 22.3 Å². The highest BCUT2D eigenvalue weighted by molar-refractivity contribution is 6.36. The molecule has 4 nitrogen and oxygen atoms in total. The Kier molecular flexibility index (Phi) is 6.35. The van der Waals surface area contributed by atoms with Crippen molar-refractivity contribution in [2.24, 2.45) is 0 Å². The summed E-state index contributed by atoms with van der Waals surface area (Å²) in [5.74, 6) is -0.643. The number of nitrogens with zero attached hydrogens (tertiary/aromatic N) is 1. The Balaban J connectivity index is 1.67. The van der Waals surface area contributed by atoms with E-state index in [1.165, 1.54) is 4.90 Å². The number of halogens is 2. The van der Waals surface area contributed by atoms with Gasteiger partial charge in [-0.2, -0.15) is 0 Å². The first-order chi connectivity index (χ1) is 15.3. The summed E-state index contributed by atoms with van der Waals surface area (Å²) < 4.78 is 0. The second kappa shape index (κ2) is 9.19. The van der Waals surface area contributed by atoms with Crippen LogP contribution in [0.25, 0.3) is 5.57 Å². The molecule has 0 atom stereocenters. The van der Waals surface area contributed by atoms with Crippen molar-refractivity contribution in [1.29, 1.82) is 0 Å². The maximum absolute atomic E-state index is 13.4. The van der Waals surface area contributed by atoms with Crippen molar-refractivity contribution in [2.75, 3.05) is 11.9 Å². The van der Waals surface area contributed by atoms with Gasteiger partial charge < -0.3 is 5.32 Å². The zero-order chi connectivity index (χ0) is 22.8. The second-order valence-corrected chi connectivity index (χ2v) is 8.71. The summed E-state index contributed by atoms with van der Waals surface area (Å²) in [7, 11) is 0. The molecule has 0 unspecified atom stereocenters. The van der Waals surface area contributed by atoms with E-state index in [1.807, 2.05) is 62.4 Å². The lowest BCUT2D eigenvalue weighted by molar-refractivity contribution is -0.136. The molecular formula is C26H22Cl2N2O2. The summed E-state index contributed by atoms with van der Waals surface area (Å²) in [6, 6.07) is 20.4. The third-order valence-electron chi connectivity index (χ3n) is 5.49. The van der Waals surface area contributed by atoms with Gasteiger partial charge in [0.1, 0.15) is 5.70 Å². The molecule has 6 heteroatoms. The Morgan fingerprint density at radius 3 is 2.12 bits per heavy atom. The third kappa shape index (κ3) is 4.57. The molecule has 0 bridgehead atoms. The SMILES string of the molecule is Cc1ccc(C2=C(Nc3ccc(Cl)cc3C)C(=O)N(CCc3ccc(Cl)cc3)C2=O)cc1. The number of carbonyl (C=O) groups is 2. The van der Waals surface area contributed by atoms with Gasteiger partial charge in [-0.15, -0.1) is 0 Å². The first-order valence-electron chi connectivity index (χ1n) is 10.3. The van der Waals surface area contributed by atoms with E-state index in [4.69, 9.17) is 23.2 Å². The van der Waals surface area contributed by atoms with Crippen LogP contribution >= 0.6 is 23.2 Å². The van der Waals surface area contributed by atoms with Crippen molar-refractivity contribution < 1.29 is 9.59 Å². The molecule has 162 valence electrons. The van der Waals surface area contributed by atoms with E-state index >= 15 is 0 Å². The van der Waals surface area contributed by atoms with Gasteiger partial charge >= 0.3 is 0 Å². The van der Waals surface area contributed by atoms with Crippen LogP contribution in [0.5, 0.6) is 0 Å². The second-order valence-electron chi connectivity index (χ2n) is 7.84. The molecule has 2 amide bonds. The monoisotopic (exact) mass is 464 g/mol. The maximum atomic E-state index is 13.4. The van der Waals surface area contributed by atoms with Gasteiger partial charge in [-0.25, -0.2) is 0 Å². The number of anilines is 1. The minimum atomic E-state index is -0.339. The fourth-order valence-corrected chi connectivity index (χ4v) is 4.03. The smallest absolute Gasteiger partial charge is 0.278 e. The average Bonchev–Trinajstić information content (AvgIpc) is 2.99. The molecule has 1 N–H and O–H groups in total. The number of hydrogen-bond donors (Lipinski definition) is 1. The Labute approximate surface area is 197 Å². The van der Waals surface area contributed by atoms with E-state index in [2.05, 4.69) is 5.32 Å². The van der Waals surface area contributed by atoms with Crippen LogP contribution < -0.4 is 5.32 Å². The molecule has 1 aliphatic rings. The van der Waals surface area contributed by atoms with E-state index in [0.29, 0.717) is 27.6 Å². The van der Waals surface area contributed by atoms with Crippen molar-refractivity contribution in [3.05, 3.63) is 105 Å². The molecule has 1 aliphatic heterocycles. The van der Waals surface area contributed by atoms with Crippen LogP contribution in [0.3, 0.4) is 0 Å². The Bertz CT molecular complexity index is 1220. The molecule has 0 radical (unpaired) electrons. The highest BCUT2D eigenvalue weighted by Crippen LogP contribution is 2.32. The quantitative estimate of drug-likeness (QED) is 0.452. The summed E-state index contributed by atoms with van der Waals surface area (Å²) in [6.45, 7) is 4.16. The third-order valence-corrected chi connectivity index (χ3v) is 5.98. The van der Waals surface area contributed by atoms with E-state index in [9.17, 15) is 9.59 Å². The van der Waals surface area contributed by atoms with Gasteiger partial charge in [-0.1, -0.05) is 65.2 Å². The standard InChI is InChI=1S/C26H22Cl2N2O2/c1-16-3-7-19(8-4-16)23-24(29-22-12-11-21(28)15-17(22)2)26(32)30(25(23)31)14-13-18-5-9-20(27)10-6-18/h3-12,15,29H,13-14H2,1-2H3. The predicted octanol–water partition coefficient (Wildman–Crippen LogP) is 6.04. The molecule has 1 heterocycles. The van der Waals surface area contributed by atoms with Crippen LogP contribution in [0.1, 0.15) is 22.3 Å². The molecule has 0 spiro atoms. The highest BCUT2D eigenvalue weighted by atomic mass is 35.5. The Morgan fingerprint density at radius 2 is 1.47 bits per heavy atom. The van der Waals surface area contributed by atoms with Gasteiger partial charge in [0.2, 0.25) is 0 Å². The van der Waals surface area contributed by atoms with Crippen molar-refractivity contribution in [3.63, 3.8) is 0 Å². The topological polar surface area (TPSA) is 49.4 Å². The largest absolute Gasteiger partial charge is 0.350 e. The lowest BCUT2D eigenvalue weighted by Gasteiger charge is -2.16. The summed E-state index contributed by atoms with van der Waals surface area (Å²) in [5, 5.41) is 4.47. The minimum Gasteiger partial charge on any atom is -0.350 e. The average molecular weight is 465 g/mol. The Hall–Kier alpha value is -3.08. The lowest BCUT2D eigenvalue weighted by Crippen LogP contribution is -2.34. The molecule has 0 aromatic heterocycles. The summed E-state index contributed by atoms with van der Waals surface area (Å²) in [4.78, 5) is 28.0. The van der Waals surface area contributed by atoms with Crippen LogP contribution in [0, 0.1) is 13.8 Å². The zero-order valence-electron chi connectivity index (χ0n) is 17.8. The first-order valence-corrected chi connectivity index (χ1v) is 11.0. The molecule has 32 heavy (non-hydrogen) atoms. The van der Waals surface area contributed by atoms with Gasteiger partial charge in [0.25, 0.3) is 11.8 Å². The molecule has 0 aliphatic carbocycles. The predicted molar refractivity (Wildman–Crippen MR) is 130 cm³/mol. The lowest BCUT2D eigenvalue weighted by atomic mass is 10.0. The van der Waals surface area contributed by atoms with Crippen LogP contribution in [0.2, 0.25) is 10.0 Å². The van der Waals surface area contributed by atoms with E-state index < -0.39 is 0 Å². The first kappa shape index (κ1) is 22.1. The fourth-order valence-electron chi connectivity index (χ4n) is 3.68. The van der Waals surface area contributed by atoms with E-state index in [0.717, 1.165) is 22.4 Å². The fraction of sp³-hybridized carbons (Fsp3) is 0.154. The summed E-state index contributed by atoms with van der Waals surface area (Å²) in [5.41, 5.74) is 5.05. The molecule has 0 fully saturated rings. The highest BCUT2D eigenvalue weighted by Gasteiger charge is 2.39. The zero-order valence-corrected chi connectivity index (χ0v) is 19.3. The summed E-state index contributed by atoms with van der Waals surface area (Å²) in [6.07, 6.45) is 0.545. The number of aryl methyl sites for hydroxylation is 2. The molecule has 3 aromatic rings. The molecular weight excluding hydrogens is 443 g/mol. The van der Waals surface area contributed by atoms with Gasteiger partial charge in [-0.3, -0.25) is 14.5 Å². The molecule has 4 rings (SSSR count). The Morgan fingerprint density at radius 1 is 0.812 bits per heavy atom. The van der Waals surface area contributed by atoms with Crippen molar-refractivity contribution in [2.45, 2.75) is 20.3 Å². The van der Waals surface area contributed by atoms with Crippen LogP contribution in [-0.4, -0.2) is 23.3 Å². The number of rotatable bonds is 6. The van der Waals surface area contributed by atoms with Gasteiger partial charge in [0.05, 0.1) is 5.57 Å².